The number of hydrogen-bond acceptors (Lipinski definition) is 6. The fourth-order valence-corrected chi connectivity index (χ4v) is 4.61. The van der Waals surface area contributed by atoms with Gasteiger partial charge in [0.2, 0.25) is 5.82 Å². The second kappa shape index (κ2) is 8.81. The Morgan fingerprint density at radius 1 is 1.24 bits per heavy atom. The highest BCUT2D eigenvalue weighted by Gasteiger charge is 2.35. The van der Waals surface area contributed by atoms with Gasteiger partial charge in [0, 0.05) is 29.2 Å². The minimum Gasteiger partial charge on any atom is -0.331 e. The molecule has 172 valence electrons. The largest absolute Gasteiger partial charge is 0.400 e. The van der Waals surface area contributed by atoms with Gasteiger partial charge in [0.15, 0.2) is 0 Å². The van der Waals surface area contributed by atoms with Gasteiger partial charge in [-0.05, 0) is 41.4 Å². The van der Waals surface area contributed by atoms with E-state index in [0.29, 0.717) is 21.9 Å². The molecule has 0 spiro atoms. The van der Waals surface area contributed by atoms with Crippen molar-refractivity contribution in [3.05, 3.63) is 71.0 Å². The summed E-state index contributed by atoms with van der Waals surface area (Å²) in [4.78, 5) is 20.3. The number of benzene rings is 1. The van der Waals surface area contributed by atoms with Crippen LogP contribution in [0.15, 0.2) is 57.7 Å². The molecule has 0 radical (unpaired) electrons. The first-order chi connectivity index (χ1) is 15.5. The Morgan fingerprint density at radius 2 is 1.97 bits per heavy atom. The van der Waals surface area contributed by atoms with Crippen LogP contribution in [0.5, 0.6) is 0 Å². The van der Waals surface area contributed by atoms with Crippen molar-refractivity contribution in [2.45, 2.75) is 17.6 Å². The van der Waals surface area contributed by atoms with Crippen molar-refractivity contribution in [1.29, 1.82) is 0 Å². The van der Waals surface area contributed by atoms with Crippen LogP contribution in [-0.2, 0) is 32.1 Å². The molecule has 1 unspecified atom stereocenters. The number of imidazole rings is 1. The highest BCUT2D eigenvalue weighted by Crippen LogP contribution is 2.32. The Labute approximate surface area is 196 Å². The molecule has 0 saturated heterocycles. The molecule has 1 amide bonds. The maximum Gasteiger partial charge on any atom is 0.400 e. The van der Waals surface area contributed by atoms with Crippen LogP contribution in [0, 0.1) is 0 Å². The minimum absolute atomic E-state index is 0.0867. The first-order valence-electron chi connectivity index (χ1n) is 9.34. The van der Waals surface area contributed by atoms with Crippen LogP contribution in [0.3, 0.4) is 0 Å². The molecule has 0 aliphatic heterocycles. The van der Waals surface area contributed by atoms with Crippen molar-refractivity contribution in [2.75, 3.05) is 6.26 Å². The Hall–Kier alpha value is -2.89. The molecule has 13 heteroatoms. The topological polar surface area (TPSA) is 103 Å². The van der Waals surface area contributed by atoms with Gasteiger partial charge in [0.1, 0.15) is 5.65 Å². The third-order valence-corrected chi connectivity index (χ3v) is 6.28. The van der Waals surface area contributed by atoms with Crippen LogP contribution < -0.4 is 0 Å². The molecule has 0 N–H and O–H groups in total. The lowest BCUT2D eigenvalue weighted by Gasteiger charge is -2.04. The van der Waals surface area contributed by atoms with E-state index in [-0.39, 0.29) is 18.0 Å². The molecular formula is C20H15Cl2F2N5O3S. The van der Waals surface area contributed by atoms with Gasteiger partial charge in [-0.15, -0.1) is 0 Å². The molecule has 1 aromatic carbocycles. The van der Waals surface area contributed by atoms with E-state index in [4.69, 9.17) is 23.2 Å². The maximum atomic E-state index is 13.1. The van der Waals surface area contributed by atoms with Gasteiger partial charge in [-0.1, -0.05) is 28.9 Å². The van der Waals surface area contributed by atoms with Crippen LogP contribution in [0.2, 0.25) is 5.02 Å². The molecule has 0 saturated carbocycles. The van der Waals surface area contributed by atoms with Crippen LogP contribution >= 0.6 is 23.2 Å². The van der Waals surface area contributed by atoms with Crippen molar-refractivity contribution in [3.63, 3.8) is 0 Å². The number of aromatic nitrogens is 4. The molecule has 0 bridgehead atoms. The average Bonchev–Trinajstić information content (AvgIpc) is 3.35. The Bertz CT molecular complexity index is 1450. The smallest absolute Gasteiger partial charge is 0.331 e. The van der Waals surface area contributed by atoms with Crippen molar-refractivity contribution in [1.82, 2.24) is 19.5 Å². The number of hydrogen-bond donors (Lipinski definition) is 0. The van der Waals surface area contributed by atoms with E-state index in [0.717, 1.165) is 5.56 Å². The molecule has 3 aromatic heterocycles. The predicted molar refractivity (Wildman–Crippen MR) is 119 cm³/mol. The SMILES string of the molecule is CS(=O)(Cc1ccc(Cl)cc1)=NC(=O)Cc1cn2ccc(-c3noc(C(F)(F)Cl)n3)cc2n1. The summed E-state index contributed by atoms with van der Waals surface area (Å²) in [6.45, 7) is 0. The summed E-state index contributed by atoms with van der Waals surface area (Å²) in [6, 6.07) is 9.91. The van der Waals surface area contributed by atoms with Gasteiger partial charge in [0.25, 0.3) is 5.91 Å². The molecule has 3 heterocycles. The van der Waals surface area contributed by atoms with Gasteiger partial charge < -0.3 is 8.92 Å². The number of carbonyl (C=O) groups is 1. The summed E-state index contributed by atoms with van der Waals surface area (Å²) >= 11 is 10.7. The fraction of sp³-hybridized carbons (Fsp3) is 0.200. The number of alkyl halides is 3. The number of fused-ring (bicyclic) bond motifs is 1. The lowest BCUT2D eigenvalue weighted by Crippen LogP contribution is -2.07. The van der Waals surface area contributed by atoms with Crippen molar-refractivity contribution in [2.24, 2.45) is 4.36 Å². The van der Waals surface area contributed by atoms with Crippen molar-refractivity contribution >= 4 is 44.5 Å². The fourth-order valence-electron chi connectivity index (χ4n) is 3.04. The van der Waals surface area contributed by atoms with Gasteiger partial charge in [-0.3, -0.25) is 4.79 Å². The summed E-state index contributed by atoms with van der Waals surface area (Å²) in [5.74, 6) is -1.57. The molecule has 0 aliphatic carbocycles. The lowest BCUT2D eigenvalue weighted by atomic mass is 10.2. The van der Waals surface area contributed by atoms with Crippen LogP contribution in [-0.4, -0.2) is 35.9 Å². The number of halogens is 4. The Morgan fingerprint density at radius 3 is 2.64 bits per heavy atom. The molecule has 1 atom stereocenters. The molecular weight excluding hydrogens is 499 g/mol. The van der Waals surface area contributed by atoms with Crippen molar-refractivity contribution < 1.29 is 22.3 Å². The average molecular weight is 514 g/mol. The van der Waals surface area contributed by atoms with Gasteiger partial charge in [0.05, 0.1) is 27.6 Å². The summed E-state index contributed by atoms with van der Waals surface area (Å²) in [6.07, 6.45) is 4.46. The Balaban J connectivity index is 1.51. The zero-order valence-electron chi connectivity index (χ0n) is 16.9. The summed E-state index contributed by atoms with van der Waals surface area (Å²) in [5, 5.41) is 0.282. The van der Waals surface area contributed by atoms with Crippen LogP contribution in [0.4, 0.5) is 8.78 Å². The van der Waals surface area contributed by atoms with Crippen molar-refractivity contribution in [3.8, 4) is 11.4 Å². The van der Waals surface area contributed by atoms with E-state index >= 15 is 0 Å². The second-order valence-electron chi connectivity index (χ2n) is 7.23. The number of amides is 1. The number of rotatable bonds is 6. The molecule has 8 nitrogen and oxygen atoms in total. The van der Waals surface area contributed by atoms with Gasteiger partial charge >= 0.3 is 11.3 Å². The quantitative estimate of drug-likeness (QED) is 0.346. The number of nitrogens with zero attached hydrogens (tertiary/aromatic N) is 5. The van der Waals surface area contributed by atoms with Crippen LogP contribution in [0.1, 0.15) is 17.1 Å². The lowest BCUT2D eigenvalue weighted by molar-refractivity contribution is -0.117. The van der Waals surface area contributed by atoms with Crippen LogP contribution in [0.25, 0.3) is 17.0 Å². The second-order valence-corrected chi connectivity index (χ2v) is 10.5. The summed E-state index contributed by atoms with van der Waals surface area (Å²) in [7, 11) is -2.80. The standard InChI is InChI=1S/C20H15Cl2F2N5O3S/c1-33(31,11-12-2-4-14(21)5-3-12)28-17(30)9-15-10-29-7-6-13(8-16(29)25-15)18-26-19(32-27-18)20(22,23)24/h2-8,10H,9,11H2,1H3. The summed E-state index contributed by atoms with van der Waals surface area (Å²) in [5.41, 5.74) is 1.92. The molecule has 4 aromatic rings. The van der Waals surface area contributed by atoms with E-state index < -0.39 is 26.9 Å². The Kier molecular flexibility index (Phi) is 6.21. The molecule has 0 fully saturated rings. The zero-order chi connectivity index (χ0) is 23.8. The summed E-state index contributed by atoms with van der Waals surface area (Å²) < 4.78 is 48.9. The van der Waals surface area contributed by atoms with E-state index in [9.17, 15) is 17.8 Å². The maximum absolute atomic E-state index is 13.1. The van der Waals surface area contributed by atoms with E-state index in [2.05, 4.69) is 24.0 Å². The number of pyridine rings is 1. The van der Waals surface area contributed by atoms with E-state index in [1.807, 2.05) is 0 Å². The number of carbonyl (C=O) groups excluding carboxylic acids is 1. The molecule has 33 heavy (non-hydrogen) atoms. The third kappa shape index (κ3) is 5.73. The molecule has 0 aliphatic rings. The monoisotopic (exact) mass is 513 g/mol. The first-order valence-corrected chi connectivity index (χ1v) is 12.2. The predicted octanol–water partition coefficient (Wildman–Crippen LogP) is 4.69. The highest BCUT2D eigenvalue weighted by atomic mass is 35.5. The van der Waals surface area contributed by atoms with Gasteiger partial charge in [-0.25, -0.2) is 9.19 Å². The first kappa shape index (κ1) is 23.3. The minimum atomic E-state index is -3.77. The molecule has 4 rings (SSSR count). The normalized spacial score (nSPS) is 13.7. The van der Waals surface area contributed by atoms with E-state index in [1.165, 1.54) is 12.3 Å². The van der Waals surface area contributed by atoms with Gasteiger partial charge in [-0.2, -0.15) is 18.1 Å². The van der Waals surface area contributed by atoms with E-state index in [1.54, 1.807) is 47.1 Å². The highest BCUT2D eigenvalue weighted by molar-refractivity contribution is 7.92. The third-order valence-electron chi connectivity index (χ3n) is 4.41. The zero-order valence-corrected chi connectivity index (χ0v) is 19.2.